The van der Waals surface area contributed by atoms with Gasteiger partial charge >= 0.3 is 5.97 Å². The number of phenolic OH excluding ortho intramolecular Hbond substituents is 1. The van der Waals surface area contributed by atoms with Crippen LogP contribution in [0.4, 0.5) is 0 Å². The maximum Gasteiger partial charge on any atom is 0.315 e. The molecule has 1 aromatic carbocycles. The summed E-state index contributed by atoms with van der Waals surface area (Å²) in [4.78, 5) is 11.5. The molecule has 0 unspecified atom stereocenters. The van der Waals surface area contributed by atoms with E-state index < -0.39 is 0 Å². The Labute approximate surface area is 209 Å². The van der Waals surface area contributed by atoms with Crippen molar-refractivity contribution in [1.82, 2.24) is 0 Å². The fourth-order valence-electron chi connectivity index (χ4n) is 4.63. The van der Waals surface area contributed by atoms with Crippen molar-refractivity contribution < 1.29 is 14.6 Å². The first-order valence-corrected chi connectivity index (χ1v) is 14.2. The van der Waals surface area contributed by atoms with Gasteiger partial charge < -0.3 is 9.84 Å². The smallest absolute Gasteiger partial charge is 0.315 e. The number of carbonyl (C=O) groups excluding carboxylic acids is 1. The van der Waals surface area contributed by atoms with Crippen LogP contribution < -0.4 is 0 Å². The summed E-state index contributed by atoms with van der Waals surface area (Å²) in [5, 5.41) is 10.4. The van der Waals surface area contributed by atoms with E-state index in [1.165, 1.54) is 96.3 Å². The Hall–Kier alpha value is -1.16. The molecule has 0 aliphatic carbocycles. The van der Waals surface area contributed by atoms with Crippen molar-refractivity contribution in [2.45, 2.75) is 137 Å². The van der Waals surface area contributed by atoms with Gasteiger partial charge in [0.15, 0.2) is 0 Å². The van der Waals surface area contributed by atoms with E-state index >= 15 is 0 Å². The number of esters is 1. The second-order valence-electron chi connectivity index (χ2n) is 9.68. The maximum atomic E-state index is 11.5. The summed E-state index contributed by atoms with van der Waals surface area (Å²) in [6.07, 6.45) is 22.7. The minimum absolute atomic E-state index is 0.0878. The Morgan fingerprint density at radius 1 is 0.818 bits per heavy atom. The van der Waals surface area contributed by atoms with Crippen LogP contribution in [-0.2, 0) is 22.6 Å². The minimum Gasteiger partial charge on any atom is -0.507 e. The highest BCUT2D eigenvalue weighted by atomic mass is 32.1. The molecule has 0 fully saturated rings. The summed E-state index contributed by atoms with van der Waals surface area (Å²) >= 11 is 3.97. The molecule has 0 saturated heterocycles. The highest BCUT2D eigenvalue weighted by molar-refractivity contribution is 7.81. The predicted octanol–water partition coefficient (Wildman–Crippen LogP) is 8.79. The van der Waals surface area contributed by atoms with Crippen molar-refractivity contribution in [3.8, 4) is 5.75 Å². The third kappa shape index (κ3) is 13.3. The van der Waals surface area contributed by atoms with E-state index in [4.69, 9.17) is 4.74 Å². The standard InChI is InChI=1S/C29H50O3S/c1-4-5-6-7-8-9-10-11-12-13-14-15-16-17-18-19-20-27-25(3)29(31)24(2)21-26(27)22-32-28(30)23-33/h21,31,33H,4-20,22-23H2,1-3H3. The fraction of sp³-hybridized carbons (Fsp3) is 0.759. The number of ether oxygens (including phenoxy) is 1. The van der Waals surface area contributed by atoms with E-state index in [2.05, 4.69) is 19.6 Å². The third-order valence-corrected chi connectivity index (χ3v) is 7.02. The van der Waals surface area contributed by atoms with E-state index in [0.717, 1.165) is 35.1 Å². The normalized spacial score (nSPS) is 11.2. The molecule has 1 N–H and O–H groups in total. The molecule has 0 saturated carbocycles. The summed E-state index contributed by atoms with van der Waals surface area (Å²) in [7, 11) is 0. The number of unbranched alkanes of at least 4 members (excludes halogenated alkanes) is 15. The van der Waals surface area contributed by atoms with Crippen LogP contribution in [0.5, 0.6) is 5.75 Å². The van der Waals surface area contributed by atoms with Crippen LogP contribution in [0, 0.1) is 13.8 Å². The first-order chi connectivity index (χ1) is 16.0. The van der Waals surface area contributed by atoms with E-state index in [0.29, 0.717) is 5.75 Å². The first-order valence-electron chi connectivity index (χ1n) is 13.6. The molecule has 190 valence electrons. The van der Waals surface area contributed by atoms with E-state index in [1.807, 2.05) is 19.9 Å². The van der Waals surface area contributed by atoms with Crippen LogP contribution >= 0.6 is 12.6 Å². The Morgan fingerprint density at radius 2 is 1.27 bits per heavy atom. The quantitative estimate of drug-likeness (QED) is 0.112. The monoisotopic (exact) mass is 478 g/mol. The molecule has 0 aliphatic heterocycles. The largest absolute Gasteiger partial charge is 0.507 e. The topological polar surface area (TPSA) is 46.5 Å². The summed E-state index contributed by atoms with van der Waals surface area (Å²) < 4.78 is 5.30. The van der Waals surface area contributed by atoms with Gasteiger partial charge in [-0.15, -0.1) is 0 Å². The van der Waals surface area contributed by atoms with Gasteiger partial charge in [-0.1, -0.05) is 103 Å². The van der Waals surface area contributed by atoms with Crippen LogP contribution in [-0.4, -0.2) is 16.8 Å². The minimum atomic E-state index is -0.310. The lowest BCUT2D eigenvalue weighted by Gasteiger charge is -2.16. The lowest BCUT2D eigenvalue weighted by atomic mass is 9.93. The van der Waals surface area contributed by atoms with Crippen molar-refractivity contribution in [3.63, 3.8) is 0 Å². The summed E-state index contributed by atoms with van der Waals surface area (Å²) in [5.74, 6) is 0.144. The number of benzene rings is 1. The number of thiol groups is 1. The molecule has 0 bridgehead atoms. The van der Waals surface area contributed by atoms with E-state index in [9.17, 15) is 9.90 Å². The maximum absolute atomic E-state index is 11.5. The zero-order valence-electron chi connectivity index (χ0n) is 21.7. The van der Waals surface area contributed by atoms with Crippen LogP contribution in [0.1, 0.15) is 132 Å². The molecule has 0 amide bonds. The molecule has 0 heterocycles. The number of aryl methyl sites for hydroxylation is 1. The Bertz CT molecular complexity index is 657. The molecule has 0 aromatic heterocycles. The zero-order valence-corrected chi connectivity index (χ0v) is 22.6. The average molecular weight is 479 g/mol. The van der Waals surface area contributed by atoms with Gasteiger partial charge in [0.2, 0.25) is 0 Å². The predicted molar refractivity (Wildman–Crippen MR) is 144 cm³/mol. The summed E-state index contributed by atoms with van der Waals surface area (Å²) in [6.45, 7) is 6.40. The van der Waals surface area contributed by atoms with Crippen LogP contribution in [0.3, 0.4) is 0 Å². The molecule has 1 rings (SSSR count). The van der Waals surface area contributed by atoms with Gasteiger partial charge in [-0.25, -0.2) is 0 Å². The molecule has 0 aliphatic rings. The molecule has 4 heteroatoms. The number of carbonyl (C=O) groups is 1. The summed E-state index contributed by atoms with van der Waals surface area (Å²) in [6, 6.07) is 1.95. The Balaban J connectivity index is 2.14. The average Bonchev–Trinajstić information content (AvgIpc) is 2.82. The number of aromatic hydroxyl groups is 1. The second kappa shape index (κ2) is 19.2. The molecule has 0 spiro atoms. The molecule has 1 aromatic rings. The van der Waals surface area contributed by atoms with Crippen molar-refractivity contribution in [3.05, 3.63) is 28.3 Å². The highest BCUT2D eigenvalue weighted by Gasteiger charge is 2.14. The van der Waals surface area contributed by atoms with Crippen LogP contribution in [0.2, 0.25) is 0 Å². The van der Waals surface area contributed by atoms with E-state index in [-0.39, 0.29) is 18.3 Å². The van der Waals surface area contributed by atoms with E-state index in [1.54, 1.807) is 0 Å². The molecular weight excluding hydrogens is 428 g/mol. The number of hydrogen-bond donors (Lipinski definition) is 2. The molecular formula is C29H50O3S. The van der Waals surface area contributed by atoms with Crippen molar-refractivity contribution in [2.75, 3.05) is 5.75 Å². The van der Waals surface area contributed by atoms with Crippen molar-refractivity contribution in [1.29, 1.82) is 0 Å². The molecule has 0 atom stereocenters. The summed E-state index contributed by atoms with van der Waals surface area (Å²) in [5.41, 5.74) is 3.90. The Morgan fingerprint density at radius 3 is 1.73 bits per heavy atom. The molecule has 33 heavy (non-hydrogen) atoms. The second-order valence-corrected chi connectivity index (χ2v) is 9.99. The van der Waals surface area contributed by atoms with Crippen molar-refractivity contribution in [2.24, 2.45) is 0 Å². The van der Waals surface area contributed by atoms with Gasteiger partial charge in [0.25, 0.3) is 0 Å². The molecule has 0 radical (unpaired) electrons. The Kier molecular flexibility index (Phi) is 17.4. The van der Waals surface area contributed by atoms with Gasteiger partial charge in [-0.3, -0.25) is 4.79 Å². The number of hydrogen-bond acceptors (Lipinski definition) is 4. The van der Waals surface area contributed by atoms with Crippen LogP contribution in [0.15, 0.2) is 6.07 Å². The van der Waals surface area contributed by atoms with Gasteiger partial charge in [0.1, 0.15) is 12.4 Å². The lowest BCUT2D eigenvalue weighted by molar-refractivity contribution is -0.141. The van der Waals surface area contributed by atoms with Crippen LogP contribution in [0.25, 0.3) is 0 Å². The molecule has 3 nitrogen and oxygen atoms in total. The number of rotatable bonds is 20. The van der Waals surface area contributed by atoms with Gasteiger partial charge in [-0.05, 0) is 55.0 Å². The highest BCUT2D eigenvalue weighted by Crippen LogP contribution is 2.30. The zero-order chi connectivity index (χ0) is 24.3. The number of phenols is 1. The van der Waals surface area contributed by atoms with Gasteiger partial charge in [-0.2, -0.15) is 12.6 Å². The third-order valence-electron chi connectivity index (χ3n) is 6.76. The van der Waals surface area contributed by atoms with Gasteiger partial charge in [0.05, 0.1) is 5.75 Å². The fourth-order valence-corrected chi connectivity index (χ4v) is 4.72. The lowest BCUT2D eigenvalue weighted by Crippen LogP contribution is -2.08. The SMILES string of the molecule is CCCCCCCCCCCCCCCCCCc1c(COC(=O)CS)cc(C)c(O)c1C. The first kappa shape index (κ1) is 29.9. The van der Waals surface area contributed by atoms with Gasteiger partial charge in [0, 0.05) is 0 Å². The van der Waals surface area contributed by atoms with Crippen molar-refractivity contribution >= 4 is 18.6 Å².